The first-order valence-corrected chi connectivity index (χ1v) is 6.55. The van der Waals surface area contributed by atoms with Gasteiger partial charge in [0.1, 0.15) is 0 Å². The highest BCUT2D eigenvalue weighted by Gasteiger charge is 2.31. The van der Waals surface area contributed by atoms with Crippen molar-refractivity contribution in [3.05, 3.63) is 35.4 Å². The minimum absolute atomic E-state index is 0.160. The van der Waals surface area contributed by atoms with Crippen molar-refractivity contribution in [2.24, 2.45) is 5.73 Å². The van der Waals surface area contributed by atoms with Crippen LogP contribution in [0.5, 0.6) is 0 Å². The summed E-state index contributed by atoms with van der Waals surface area (Å²) in [5.41, 5.74) is 5.77. The number of hydrogen-bond donors (Lipinski definition) is 1. The Hall–Kier alpha value is -1.07. The lowest BCUT2D eigenvalue weighted by Gasteiger charge is -2.30. The average molecular weight is 274 g/mol. The van der Waals surface area contributed by atoms with Gasteiger partial charge in [-0.3, -0.25) is 4.90 Å². The van der Waals surface area contributed by atoms with Crippen molar-refractivity contribution in [3.63, 3.8) is 0 Å². The smallest absolute Gasteiger partial charge is 0.329 e. The molecular formula is C14H21F3N2. The summed E-state index contributed by atoms with van der Waals surface area (Å²) in [4.78, 5) is 2.11. The molecule has 0 aliphatic carbocycles. The Morgan fingerprint density at radius 2 is 1.95 bits per heavy atom. The zero-order chi connectivity index (χ0) is 14.5. The third-order valence-electron chi connectivity index (χ3n) is 3.18. The average Bonchev–Trinajstić information content (AvgIpc) is 2.38. The number of rotatable bonds is 6. The molecule has 0 radical (unpaired) electrons. The van der Waals surface area contributed by atoms with Gasteiger partial charge in [0.2, 0.25) is 0 Å². The number of alkyl halides is 3. The van der Waals surface area contributed by atoms with Crippen molar-refractivity contribution >= 4 is 0 Å². The van der Waals surface area contributed by atoms with Gasteiger partial charge in [0.05, 0.1) is 5.56 Å². The molecular weight excluding hydrogens is 253 g/mol. The van der Waals surface area contributed by atoms with E-state index in [1.807, 2.05) is 13.8 Å². The monoisotopic (exact) mass is 274 g/mol. The van der Waals surface area contributed by atoms with Crippen molar-refractivity contribution in [1.82, 2.24) is 4.90 Å². The zero-order valence-electron chi connectivity index (χ0n) is 11.4. The van der Waals surface area contributed by atoms with Gasteiger partial charge < -0.3 is 5.73 Å². The van der Waals surface area contributed by atoms with Crippen molar-refractivity contribution in [2.75, 3.05) is 19.6 Å². The van der Waals surface area contributed by atoms with Gasteiger partial charge in [-0.2, -0.15) is 13.2 Å². The molecule has 19 heavy (non-hydrogen) atoms. The molecule has 2 nitrogen and oxygen atoms in total. The molecule has 1 atom stereocenters. The number of hydrogen-bond acceptors (Lipinski definition) is 2. The molecule has 0 amide bonds. The van der Waals surface area contributed by atoms with E-state index < -0.39 is 11.7 Å². The molecule has 5 heteroatoms. The SMILES string of the molecule is CCCN(CC)C(CN)c1cccc(C(F)(F)F)c1. The Morgan fingerprint density at radius 3 is 2.42 bits per heavy atom. The number of likely N-dealkylation sites (N-methyl/N-ethyl adjacent to an activating group) is 1. The van der Waals surface area contributed by atoms with E-state index in [0.29, 0.717) is 12.1 Å². The van der Waals surface area contributed by atoms with Crippen LogP contribution in [0.15, 0.2) is 24.3 Å². The molecule has 1 aromatic carbocycles. The summed E-state index contributed by atoms with van der Waals surface area (Å²) < 4.78 is 38.2. The molecule has 0 heterocycles. The standard InChI is InChI=1S/C14H21F3N2/c1-3-8-19(4-2)13(10-18)11-6-5-7-12(9-11)14(15,16)17/h5-7,9,13H,3-4,8,10,18H2,1-2H3. The van der Waals surface area contributed by atoms with E-state index in [9.17, 15) is 13.2 Å². The van der Waals surface area contributed by atoms with Crippen LogP contribution in [0.3, 0.4) is 0 Å². The lowest BCUT2D eigenvalue weighted by atomic mass is 10.0. The number of benzene rings is 1. The highest BCUT2D eigenvalue weighted by molar-refractivity contribution is 5.28. The van der Waals surface area contributed by atoms with Gasteiger partial charge in [-0.15, -0.1) is 0 Å². The first kappa shape index (κ1) is 16.0. The summed E-state index contributed by atoms with van der Waals surface area (Å²) in [6.45, 7) is 5.95. The molecule has 0 aromatic heterocycles. The lowest BCUT2D eigenvalue weighted by molar-refractivity contribution is -0.137. The second kappa shape index (κ2) is 6.91. The molecule has 0 fully saturated rings. The van der Waals surface area contributed by atoms with Crippen LogP contribution in [0.1, 0.15) is 37.4 Å². The van der Waals surface area contributed by atoms with Gasteiger partial charge in [0.15, 0.2) is 0 Å². The molecule has 1 rings (SSSR count). The van der Waals surface area contributed by atoms with Crippen molar-refractivity contribution in [2.45, 2.75) is 32.5 Å². The summed E-state index contributed by atoms with van der Waals surface area (Å²) in [6, 6.07) is 5.29. The normalized spacial score (nSPS) is 13.8. The topological polar surface area (TPSA) is 29.3 Å². The molecule has 0 saturated heterocycles. The van der Waals surface area contributed by atoms with Gasteiger partial charge in [0, 0.05) is 12.6 Å². The van der Waals surface area contributed by atoms with E-state index in [-0.39, 0.29) is 6.04 Å². The number of nitrogens with two attached hydrogens (primary N) is 1. The maximum Gasteiger partial charge on any atom is 0.416 e. The summed E-state index contributed by atoms with van der Waals surface area (Å²) in [5, 5.41) is 0. The predicted molar refractivity (Wildman–Crippen MR) is 70.8 cm³/mol. The van der Waals surface area contributed by atoms with Crippen molar-refractivity contribution < 1.29 is 13.2 Å². The fourth-order valence-corrected chi connectivity index (χ4v) is 2.24. The van der Waals surface area contributed by atoms with Crippen molar-refractivity contribution in [1.29, 1.82) is 0 Å². The molecule has 0 aliphatic rings. The van der Waals surface area contributed by atoms with Crippen LogP contribution < -0.4 is 5.73 Å². The van der Waals surface area contributed by atoms with Crippen LogP contribution in [-0.2, 0) is 6.18 Å². The third-order valence-corrected chi connectivity index (χ3v) is 3.18. The maximum atomic E-state index is 12.7. The number of halogens is 3. The van der Waals surface area contributed by atoms with Crippen LogP contribution >= 0.6 is 0 Å². The molecule has 0 aliphatic heterocycles. The lowest BCUT2D eigenvalue weighted by Crippen LogP contribution is -2.34. The molecule has 0 bridgehead atoms. The summed E-state index contributed by atoms with van der Waals surface area (Å²) in [5.74, 6) is 0. The van der Waals surface area contributed by atoms with Crippen LogP contribution in [0, 0.1) is 0 Å². The van der Waals surface area contributed by atoms with Crippen molar-refractivity contribution in [3.8, 4) is 0 Å². The van der Waals surface area contributed by atoms with E-state index in [1.54, 1.807) is 6.07 Å². The first-order valence-electron chi connectivity index (χ1n) is 6.55. The second-order valence-corrected chi connectivity index (χ2v) is 4.50. The van der Waals surface area contributed by atoms with E-state index in [1.165, 1.54) is 12.1 Å². The first-order chi connectivity index (χ1) is 8.93. The molecule has 0 spiro atoms. The number of nitrogens with zero attached hydrogens (tertiary/aromatic N) is 1. The van der Waals surface area contributed by atoms with Crippen LogP contribution in [0.4, 0.5) is 13.2 Å². The molecule has 1 aromatic rings. The molecule has 2 N–H and O–H groups in total. The van der Waals surface area contributed by atoms with Gasteiger partial charge in [-0.1, -0.05) is 26.0 Å². The highest BCUT2D eigenvalue weighted by atomic mass is 19.4. The zero-order valence-corrected chi connectivity index (χ0v) is 11.4. The van der Waals surface area contributed by atoms with Gasteiger partial charge >= 0.3 is 6.18 Å². The Bertz CT molecular complexity index is 391. The predicted octanol–water partition coefficient (Wildman–Crippen LogP) is 3.44. The van der Waals surface area contributed by atoms with E-state index in [2.05, 4.69) is 4.90 Å². The van der Waals surface area contributed by atoms with Gasteiger partial charge in [-0.05, 0) is 37.2 Å². The second-order valence-electron chi connectivity index (χ2n) is 4.50. The summed E-state index contributed by atoms with van der Waals surface area (Å²) in [7, 11) is 0. The summed E-state index contributed by atoms with van der Waals surface area (Å²) >= 11 is 0. The fraction of sp³-hybridized carbons (Fsp3) is 0.571. The fourth-order valence-electron chi connectivity index (χ4n) is 2.24. The Kier molecular flexibility index (Phi) is 5.82. The Morgan fingerprint density at radius 1 is 1.26 bits per heavy atom. The van der Waals surface area contributed by atoms with Crippen LogP contribution in [-0.4, -0.2) is 24.5 Å². The van der Waals surface area contributed by atoms with E-state index in [4.69, 9.17) is 5.73 Å². The molecule has 0 saturated carbocycles. The molecule has 108 valence electrons. The van der Waals surface area contributed by atoms with E-state index >= 15 is 0 Å². The van der Waals surface area contributed by atoms with Crippen LogP contribution in [0.2, 0.25) is 0 Å². The maximum absolute atomic E-state index is 12.7. The highest BCUT2D eigenvalue weighted by Crippen LogP contribution is 2.31. The van der Waals surface area contributed by atoms with Gasteiger partial charge in [-0.25, -0.2) is 0 Å². The minimum atomic E-state index is -4.31. The van der Waals surface area contributed by atoms with Crippen LogP contribution in [0.25, 0.3) is 0 Å². The molecule has 1 unspecified atom stereocenters. The largest absolute Gasteiger partial charge is 0.416 e. The Labute approximate surface area is 112 Å². The van der Waals surface area contributed by atoms with E-state index in [0.717, 1.165) is 25.6 Å². The summed E-state index contributed by atoms with van der Waals surface area (Å²) in [6.07, 6.45) is -3.36. The minimum Gasteiger partial charge on any atom is -0.329 e. The quantitative estimate of drug-likeness (QED) is 0.861. The van der Waals surface area contributed by atoms with Gasteiger partial charge in [0.25, 0.3) is 0 Å². The third kappa shape index (κ3) is 4.21. The Balaban J connectivity index is 3.04.